The van der Waals surface area contributed by atoms with Gasteiger partial charge in [0, 0.05) is 44.3 Å². The lowest BCUT2D eigenvalue weighted by atomic mass is 10.1. The van der Waals surface area contributed by atoms with Gasteiger partial charge >= 0.3 is 0 Å². The zero-order valence-corrected chi connectivity index (χ0v) is 13.4. The molecule has 5 heteroatoms. The molecule has 5 nitrogen and oxygen atoms in total. The second kappa shape index (κ2) is 7.43. The Morgan fingerprint density at radius 1 is 1.35 bits per heavy atom. The van der Waals surface area contributed by atoms with Gasteiger partial charge in [0.15, 0.2) is 0 Å². The Balaban J connectivity index is 2.53. The van der Waals surface area contributed by atoms with Crippen LogP contribution in [0.2, 0.25) is 0 Å². The molecular formula is C15H28N4O. The first-order valence-corrected chi connectivity index (χ1v) is 7.39. The number of rotatable bonds is 7. The summed E-state index contributed by atoms with van der Waals surface area (Å²) in [4.78, 5) is 18.1. The van der Waals surface area contributed by atoms with Gasteiger partial charge in [-0.05, 0) is 34.6 Å². The monoisotopic (exact) mass is 280 g/mol. The number of imidazole rings is 1. The maximum Gasteiger partial charge on any atom is 0.224 e. The molecule has 1 amide bonds. The highest BCUT2D eigenvalue weighted by Gasteiger charge is 2.13. The van der Waals surface area contributed by atoms with E-state index in [9.17, 15) is 4.79 Å². The third-order valence-corrected chi connectivity index (χ3v) is 3.28. The third kappa shape index (κ3) is 5.33. The second-order valence-electron chi connectivity index (χ2n) is 6.00. The molecule has 1 aromatic rings. The topological polar surface area (TPSA) is 50.2 Å². The number of nitrogens with zero attached hydrogens (tertiary/aromatic N) is 3. The van der Waals surface area contributed by atoms with Crippen molar-refractivity contribution in [2.24, 2.45) is 0 Å². The minimum absolute atomic E-state index is 0.0755. The normalized spacial score (nSPS) is 11.7. The van der Waals surface area contributed by atoms with Crippen molar-refractivity contribution in [2.75, 3.05) is 13.1 Å². The van der Waals surface area contributed by atoms with Crippen molar-refractivity contribution in [3.8, 4) is 0 Å². The van der Waals surface area contributed by atoms with Gasteiger partial charge in [-0.2, -0.15) is 0 Å². The van der Waals surface area contributed by atoms with Crippen molar-refractivity contribution in [1.82, 2.24) is 19.8 Å². The summed E-state index contributed by atoms with van der Waals surface area (Å²) >= 11 is 0. The van der Waals surface area contributed by atoms with Gasteiger partial charge in [0.2, 0.25) is 5.91 Å². The van der Waals surface area contributed by atoms with E-state index in [2.05, 4.69) is 35.6 Å². The molecule has 1 N–H and O–H groups in total. The molecule has 1 rings (SSSR count). The summed E-state index contributed by atoms with van der Waals surface area (Å²) in [5.74, 6) is 0.207. The molecule has 0 saturated heterocycles. The third-order valence-electron chi connectivity index (χ3n) is 3.28. The van der Waals surface area contributed by atoms with Gasteiger partial charge in [0.25, 0.3) is 0 Å². The minimum Gasteiger partial charge on any atom is -0.343 e. The van der Waals surface area contributed by atoms with Crippen LogP contribution in [0.3, 0.4) is 0 Å². The zero-order chi connectivity index (χ0) is 15.2. The van der Waals surface area contributed by atoms with Crippen molar-refractivity contribution >= 4 is 5.91 Å². The maximum absolute atomic E-state index is 12.0. The van der Waals surface area contributed by atoms with Crippen LogP contribution in [0.4, 0.5) is 0 Å². The Labute approximate surface area is 122 Å². The van der Waals surface area contributed by atoms with E-state index >= 15 is 0 Å². The molecule has 0 saturated carbocycles. The number of aromatic nitrogens is 2. The molecule has 0 radical (unpaired) electrons. The van der Waals surface area contributed by atoms with Gasteiger partial charge in [-0.15, -0.1) is 0 Å². The summed E-state index contributed by atoms with van der Waals surface area (Å²) in [6.45, 7) is 13.4. The van der Waals surface area contributed by atoms with Crippen LogP contribution in [0.15, 0.2) is 12.5 Å². The molecular weight excluding hydrogens is 252 g/mol. The number of carbonyl (C=O) groups is 1. The van der Waals surface area contributed by atoms with E-state index < -0.39 is 0 Å². The highest BCUT2D eigenvalue weighted by Crippen LogP contribution is 2.06. The summed E-state index contributed by atoms with van der Waals surface area (Å²) in [6, 6.07) is 0. The summed E-state index contributed by atoms with van der Waals surface area (Å²) in [5, 5.41) is 3.44. The molecule has 1 aromatic heterocycles. The van der Waals surface area contributed by atoms with Gasteiger partial charge in [0.1, 0.15) is 0 Å². The van der Waals surface area contributed by atoms with E-state index in [4.69, 9.17) is 0 Å². The first kappa shape index (κ1) is 16.7. The quantitative estimate of drug-likeness (QED) is 0.831. The Bertz CT molecular complexity index is 416. The summed E-state index contributed by atoms with van der Waals surface area (Å²) < 4.78 is 2.06. The molecule has 0 aromatic carbocycles. The summed E-state index contributed by atoms with van der Waals surface area (Å²) in [5.41, 5.74) is 1.19. The van der Waals surface area contributed by atoms with Gasteiger partial charge in [-0.25, -0.2) is 4.98 Å². The van der Waals surface area contributed by atoms with Crippen LogP contribution in [0, 0.1) is 0 Å². The number of amides is 1. The predicted molar refractivity (Wildman–Crippen MR) is 81.4 cm³/mol. The van der Waals surface area contributed by atoms with Crippen LogP contribution < -0.4 is 5.32 Å². The molecule has 114 valence electrons. The fraction of sp³-hybridized carbons (Fsp3) is 0.733. The largest absolute Gasteiger partial charge is 0.343 e. The van der Waals surface area contributed by atoms with Crippen LogP contribution in [0.1, 0.15) is 46.7 Å². The molecule has 0 aliphatic carbocycles. The molecule has 0 bridgehead atoms. The van der Waals surface area contributed by atoms with Crippen molar-refractivity contribution < 1.29 is 4.79 Å². The molecule has 0 aliphatic rings. The van der Waals surface area contributed by atoms with Crippen molar-refractivity contribution in [1.29, 1.82) is 0 Å². The lowest BCUT2D eigenvalue weighted by molar-refractivity contribution is -0.131. The Morgan fingerprint density at radius 2 is 2.00 bits per heavy atom. The fourth-order valence-electron chi connectivity index (χ4n) is 2.00. The van der Waals surface area contributed by atoms with Crippen molar-refractivity contribution in [2.45, 2.75) is 59.7 Å². The molecule has 1 heterocycles. The number of nitrogens with one attached hydrogen (secondary N) is 1. The smallest absolute Gasteiger partial charge is 0.224 e. The van der Waals surface area contributed by atoms with E-state index in [-0.39, 0.29) is 11.4 Å². The van der Waals surface area contributed by atoms with Gasteiger partial charge in [-0.1, -0.05) is 0 Å². The Morgan fingerprint density at radius 3 is 2.55 bits per heavy atom. The highest BCUT2D eigenvalue weighted by atomic mass is 16.2. The lowest BCUT2D eigenvalue weighted by Crippen LogP contribution is -2.35. The highest BCUT2D eigenvalue weighted by molar-refractivity contribution is 5.76. The molecule has 0 aliphatic heterocycles. The predicted octanol–water partition coefficient (Wildman–Crippen LogP) is 2.03. The molecule has 20 heavy (non-hydrogen) atoms. The van der Waals surface area contributed by atoms with Gasteiger partial charge in [0.05, 0.1) is 12.0 Å². The average Bonchev–Trinajstić information content (AvgIpc) is 2.82. The van der Waals surface area contributed by atoms with E-state index in [1.165, 1.54) is 0 Å². The first-order valence-electron chi connectivity index (χ1n) is 7.39. The number of hydrogen-bond donors (Lipinski definition) is 1. The number of aryl methyl sites for hydroxylation is 1. The van der Waals surface area contributed by atoms with Crippen LogP contribution in [0.25, 0.3) is 0 Å². The van der Waals surface area contributed by atoms with Crippen molar-refractivity contribution in [3.05, 3.63) is 18.2 Å². The maximum atomic E-state index is 12.0. The van der Waals surface area contributed by atoms with Crippen molar-refractivity contribution in [3.63, 3.8) is 0 Å². The molecule has 0 fully saturated rings. The van der Waals surface area contributed by atoms with Crippen LogP contribution in [0.5, 0.6) is 0 Å². The lowest BCUT2D eigenvalue weighted by Gasteiger charge is -2.21. The fourth-order valence-corrected chi connectivity index (χ4v) is 2.00. The molecule has 0 unspecified atom stereocenters. The zero-order valence-electron chi connectivity index (χ0n) is 13.4. The van der Waals surface area contributed by atoms with E-state index in [1.807, 2.05) is 24.9 Å². The standard InChI is InChI=1S/C15H28N4O/c1-6-18(7-2)14(20)8-9-19-12-16-10-13(19)11-17-15(3,4)5/h10,12,17H,6-9,11H2,1-5H3. The minimum atomic E-state index is 0.0755. The summed E-state index contributed by atoms with van der Waals surface area (Å²) in [7, 11) is 0. The Hall–Kier alpha value is -1.36. The number of hydrogen-bond acceptors (Lipinski definition) is 3. The number of carbonyl (C=O) groups excluding carboxylic acids is 1. The van der Waals surface area contributed by atoms with Crippen LogP contribution >= 0.6 is 0 Å². The first-order chi connectivity index (χ1) is 9.37. The Kier molecular flexibility index (Phi) is 6.20. The van der Waals surface area contributed by atoms with Gasteiger partial charge in [-0.3, -0.25) is 4.79 Å². The average molecular weight is 280 g/mol. The van der Waals surface area contributed by atoms with E-state index in [0.717, 1.165) is 25.3 Å². The van der Waals surface area contributed by atoms with E-state index in [1.54, 1.807) is 6.33 Å². The molecule has 0 spiro atoms. The van der Waals surface area contributed by atoms with Gasteiger partial charge < -0.3 is 14.8 Å². The van der Waals surface area contributed by atoms with E-state index in [0.29, 0.717) is 13.0 Å². The second-order valence-corrected chi connectivity index (χ2v) is 6.00. The van der Waals surface area contributed by atoms with Crippen LogP contribution in [-0.4, -0.2) is 39.0 Å². The summed E-state index contributed by atoms with van der Waals surface area (Å²) in [6.07, 6.45) is 4.19. The molecule has 0 atom stereocenters. The SMILES string of the molecule is CCN(CC)C(=O)CCn1cncc1CNC(C)(C)C. The van der Waals surface area contributed by atoms with Crippen LogP contribution in [-0.2, 0) is 17.9 Å².